The molecular weight excluding hydrogens is 452 g/mol. The topological polar surface area (TPSA) is 84.9 Å². The molecule has 28 heavy (non-hydrogen) atoms. The van der Waals surface area contributed by atoms with E-state index in [0.29, 0.717) is 21.5 Å². The maximum atomic E-state index is 12.9. The van der Waals surface area contributed by atoms with Gasteiger partial charge in [-0.25, -0.2) is 9.69 Å². The number of urea groups is 1. The largest absolute Gasteiger partial charge is 0.493 e. The summed E-state index contributed by atoms with van der Waals surface area (Å²) in [5.41, 5.74) is 0.452. The molecule has 1 heterocycles. The lowest BCUT2D eigenvalue weighted by atomic mass is 10.1. The van der Waals surface area contributed by atoms with E-state index in [4.69, 9.17) is 21.1 Å². The Morgan fingerprint density at radius 1 is 1.11 bits per heavy atom. The standard InChI is InChI=1S/C19H14BrClN2O5/c1-27-15-9-10(8-12(20)16(15)28-2)7-11-17(24)22-19(26)23(18(11)25)14-6-4-3-5-13(14)21/h3-9H,1-2H3,(H,22,24,26)/b11-7+. The third kappa shape index (κ3) is 3.61. The molecule has 0 aliphatic carbocycles. The molecule has 0 bridgehead atoms. The summed E-state index contributed by atoms with van der Waals surface area (Å²) < 4.78 is 11.1. The van der Waals surface area contributed by atoms with Gasteiger partial charge in [0.2, 0.25) is 0 Å². The van der Waals surface area contributed by atoms with E-state index < -0.39 is 17.8 Å². The Morgan fingerprint density at radius 3 is 2.46 bits per heavy atom. The normalized spacial score (nSPS) is 15.6. The van der Waals surface area contributed by atoms with Crippen LogP contribution in [0.5, 0.6) is 11.5 Å². The zero-order chi connectivity index (χ0) is 20.4. The number of para-hydroxylation sites is 1. The van der Waals surface area contributed by atoms with Crippen LogP contribution in [-0.4, -0.2) is 32.1 Å². The molecule has 7 nitrogen and oxygen atoms in total. The molecule has 1 aliphatic rings. The molecule has 0 radical (unpaired) electrons. The molecule has 1 fully saturated rings. The van der Waals surface area contributed by atoms with Crippen LogP contribution in [0.15, 0.2) is 46.4 Å². The molecule has 1 aliphatic heterocycles. The van der Waals surface area contributed by atoms with Crippen LogP contribution in [0, 0.1) is 0 Å². The van der Waals surface area contributed by atoms with Gasteiger partial charge in [0.1, 0.15) is 5.57 Å². The average Bonchev–Trinajstić information content (AvgIpc) is 2.66. The zero-order valence-corrected chi connectivity index (χ0v) is 17.1. The number of carbonyl (C=O) groups is 3. The maximum Gasteiger partial charge on any atom is 0.335 e. The van der Waals surface area contributed by atoms with Crippen molar-refractivity contribution in [3.63, 3.8) is 0 Å². The van der Waals surface area contributed by atoms with Crippen LogP contribution >= 0.6 is 27.5 Å². The number of rotatable bonds is 4. The molecule has 1 N–H and O–H groups in total. The van der Waals surface area contributed by atoms with Crippen molar-refractivity contribution < 1.29 is 23.9 Å². The molecule has 2 aromatic rings. The second kappa shape index (κ2) is 8.04. The van der Waals surface area contributed by atoms with Crippen molar-refractivity contribution in [1.82, 2.24) is 5.32 Å². The highest BCUT2D eigenvalue weighted by atomic mass is 79.9. The van der Waals surface area contributed by atoms with Gasteiger partial charge in [-0.1, -0.05) is 23.7 Å². The molecule has 0 spiro atoms. The van der Waals surface area contributed by atoms with Gasteiger partial charge in [-0.05, 0) is 51.8 Å². The Hall–Kier alpha value is -2.84. The van der Waals surface area contributed by atoms with E-state index in [-0.39, 0.29) is 16.3 Å². The Bertz CT molecular complexity index is 1020. The molecule has 0 saturated carbocycles. The van der Waals surface area contributed by atoms with Crippen LogP contribution in [0.4, 0.5) is 10.5 Å². The van der Waals surface area contributed by atoms with Crippen molar-refractivity contribution >= 4 is 57.1 Å². The summed E-state index contributed by atoms with van der Waals surface area (Å²) in [7, 11) is 2.96. The van der Waals surface area contributed by atoms with Gasteiger partial charge in [-0.2, -0.15) is 0 Å². The minimum atomic E-state index is -0.867. The molecular formula is C19H14BrClN2O5. The number of methoxy groups -OCH3 is 2. The predicted molar refractivity (Wildman–Crippen MR) is 108 cm³/mol. The first-order valence-corrected chi connectivity index (χ1v) is 9.12. The highest BCUT2D eigenvalue weighted by Gasteiger charge is 2.37. The highest BCUT2D eigenvalue weighted by Crippen LogP contribution is 2.37. The van der Waals surface area contributed by atoms with E-state index in [1.165, 1.54) is 26.4 Å². The van der Waals surface area contributed by atoms with E-state index in [0.717, 1.165) is 4.90 Å². The average molecular weight is 466 g/mol. The van der Waals surface area contributed by atoms with Crippen LogP contribution in [0.3, 0.4) is 0 Å². The molecule has 0 unspecified atom stereocenters. The van der Waals surface area contributed by atoms with Crippen LogP contribution < -0.4 is 19.7 Å². The summed E-state index contributed by atoms with van der Waals surface area (Å²) in [5, 5.41) is 2.36. The minimum absolute atomic E-state index is 0.179. The summed E-state index contributed by atoms with van der Waals surface area (Å²) in [5.74, 6) is -0.708. The first-order chi connectivity index (χ1) is 13.4. The van der Waals surface area contributed by atoms with Crippen molar-refractivity contribution in [2.45, 2.75) is 0 Å². The maximum absolute atomic E-state index is 12.9. The lowest BCUT2D eigenvalue weighted by molar-refractivity contribution is -0.122. The molecule has 1 saturated heterocycles. The number of amides is 4. The summed E-state index contributed by atoms with van der Waals surface area (Å²) in [4.78, 5) is 38.3. The summed E-state index contributed by atoms with van der Waals surface area (Å²) in [6.07, 6.45) is 1.36. The van der Waals surface area contributed by atoms with Gasteiger partial charge in [0.05, 0.1) is 29.4 Å². The second-order valence-electron chi connectivity index (χ2n) is 5.65. The van der Waals surface area contributed by atoms with Gasteiger partial charge in [-0.3, -0.25) is 14.9 Å². The Labute approximate surface area is 174 Å². The molecule has 144 valence electrons. The lowest BCUT2D eigenvalue weighted by Crippen LogP contribution is -2.54. The first-order valence-electron chi connectivity index (χ1n) is 7.95. The van der Waals surface area contributed by atoms with Crippen LogP contribution in [0.2, 0.25) is 5.02 Å². The molecule has 9 heteroatoms. The van der Waals surface area contributed by atoms with Crippen molar-refractivity contribution in [3.8, 4) is 11.5 Å². The number of barbiturate groups is 1. The number of halogens is 2. The minimum Gasteiger partial charge on any atom is -0.493 e. The van der Waals surface area contributed by atoms with Gasteiger partial charge in [0.25, 0.3) is 11.8 Å². The molecule has 2 aromatic carbocycles. The Kier molecular flexibility index (Phi) is 5.71. The highest BCUT2D eigenvalue weighted by molar-refractivity contribution is 9.10. The van der Waals surface area contributed by atoms with Crippen LogP contribution in [0.1, 0.15) is 5.56 Å². The number of ether oxygens (including phenoxy) is 2. The number of hydrogen-bond donors (Lipinski definition) is 1. The predicted octanol–water partition coefficient (Wildman–Crippen LogP) is 3.79. The number of anilines is 1. The Balaban J connectivity index is 2.07. The smallest absolute Gasteiger partial charge is 0.335 e. The first kappa shape index (κ1) is 19.9. The quantitative estimate of drug-likeness (QED) is 0.549. The summed E-state index contributed by atoms with van der Waals surface area (Å²) in [6.45, 7) is 0. The number of nitrogens with zero attached hydrogens (tertiary/aromatic N) is 1. The lowest BCUT2D eigenvalue weighted by Gasteiger charge is -2.27. The van der Waals surface area contributed by atoms with E-state index >= 15 is 0 Å². The molecule has 3 rings (SSSR count). The van der Waals surface area contributed by atoms with Crippen molar-refractivity contribution in [3.05, 3.63) is 57.0 Å². The molecule has 0 aromatic heterocycles. The van der Waals surface area contributed by atoms with Crippen molar-refractivity contribution in [2.24, 2.45) is 0 Å². The fourth-order valence-electron chi connectivity index (χ4n) is 2.70. The fraction of sp³-hybridized carbons (Fsp3) is 0.105. The number of imide groups is 2. The summed E-state index contributed by atoms with van der Waals surface area (Å²) >= 11 is 9.47. The third-order valence-corrected chi connectivity index (χ3v) is 4.87. The fourth-order valence-corrected chi connectivity index (χ4v) is 3.54. The van der Waals surface area contributed by atoms with Gasteiger partial charge in [0, 0.05) is 0 Å². The molecule has 0 atom stereocenters. The Morgan fingerprint density at radius 2 is 1.82 bits per heavy atom. The van der Waals surface area contributed by atoms with E-state index in [1.807, 2.05) is 0 Å². The number of carbonyl (C=O) groups excluding carboxylic acids is 3. The van der Waals surface area contributed by atoms with Gasteiger partial charge < -0.3 is 9.47 Å². The van der Waals surface area contributed by atoms with Crippen molar-refractivity contribution in [2.75, 3.05) is 19.1 Å². The summed E-state index contributed by atoms with van der Waals surface area (Å²) in [6, 6.07) is 8.75. The van der Waals surface area contributed by atoms with E-state index in [9.17, 15) is 14.4 Å². The van der Waals surface area contributed by atoms with Crippen molar-refractivity contribution in [1.29, 1.82) is 0 Å². The van der Waals surface area contributed by atoms with Gasteiger partial charge in [-0.15, -0.1) is 0 Å². The van der Waals surface area contributed by atoms with E-state index in [1.54, 1.807) is 30.3 Å². The molecule has 4 amide bonds. The van der Waals surface area contributed by atoms with Gasteiger partial charge >= 0.3 is 6.03 Å². The SMILES string of the molecule is COc1cc(/C=C2\C(=O)NC(=O)N(c3ccccc3Cl)C2=O)cc(Br)c1OC. The monoisotopic (exact) mass is 464 g/mol. The van der Waals surface area contributed by atoms with Gasteiger partial charge in [0.15, 0.2) is 11.5 Å². The number of nitrogens with one attached hydrogen (secondary N) is 1. The third-order valence-electron chi connectivity index (χ3n) is 3.96. The number of benzene rings is 2. The van der Waals surface area contributed by atoms with Crippen LogP contribution in [-0.2, 0) is 9.59 Å². The van der Waals surface area contributed by atoms with E-state index in [2.05, 4.69) is 21.2 Å². The van der Waals surface area contributed by atoms with Crippen LogP contribution in [0.25, 0.3) is 6.08 Å². The number of hydrogen-bond acceptors (Lipinski definition) is 5. The zero-order valence-electron chi connectivity index (χ0n) is 14.8. The second-order valence-corrected chi connectivity index (χ2v) is 6.91.